The molecule has 0 saturated carbocycles. The van der Waals surface area contributed by atoms with Crippen LogP contribution in [0.5, 0.6) is 5.75 Å². The van der Waals surface area contributed by atoms with Crippen LogP contribution in [-0.4, -0.2) is 19.4 Å². The van der Waals surface area contributed by atoms with Crippen molar-refractivity contribution in [2.75, 3.05) is 24.7 Å². The number of methoxy groups -OCH3 is 1. The average molecular weight is 242 g/mol. The molecule has 0 amide bonds. The molecule has 0 aliphatic rings. The molecule has 0 spiro atoms. The number of ketones is 1. The summed E-state index contributed by atoms with van der Waals surface area (Å²) in [6.07, 6.45) is 2.20. The van der Waals surface area contributed by atoms with Crippen molar-refractivity contribution in [3.63, 3.8) is 0 Å². The summed E-state index contributed by atoms with van der Waals surface area (Å²) < 4.78 is 5.21. The van der Waals surface area contributed by atoms with E-state index < -0.39 is 0 Å². The van der Waals surface area contributed by atoms with Crippen LogP contribution in [0.4, 0.5) is 10.7 Å². The number of anilines is 2. The van der Waals surface area contributed by atoms with Gasteiger partial charge in [0, 0.05) is 13.5 Å². The number of Topliss-reactive ketones (excluding diaryl/α,β-unsaturated/α-hetero) is 1. The lowest BCUT2D eigenvalue weighted by Gasteiger charge is -2.05. The summed E-state index contributed by atoms with van der Waals surface area (Å²) in [7, 11) is 1.56. The van der Waals surface area contributed by atoms with Gasteiger partial charge in [0.25, 0.3) is 0 Å². The highest BCUT2D eigenvalue weighted by Gasteiger charge is 2.18. The van der Waals surface area contributed by atoms with Crippen molar-refractivity contribution in [3.05, 3.63) is 4.88 Å². The first-order chi connectivity index (χ1) is 7.61. The summed E-state index contributed by atoms with van der Waals surface area (Å²) >= 11 is 1.36. The largest absolute Gasteiger partial charge is 0.492 e. The Labute approximate surface area is 99.8 Å². The number of nitrogens with two attached hydrogens (primary N) is 1. The molecule has 3 N–H and O–H groups in total. The van der Waals surface area contributed by atoms with E-state index in [2.05, 4.69) is 12.2 Å². The van der Waals surface area contributed by atoms with Crippen molar-refractivity contribution >= 4 is 27.8 Å². The van der Waals surface area contributed by atoms with Gasteiger partial charge in [0.1, 0.15) is 5.00 Å². The summed E-state index contributed by atoms with van der Waals surface area (Å²) in [6, 6.07) is 0. The molecular formula is C11H18N2O2S. The predicted octanol–water partition coefficient (Wildman–Crippen LogP) is 2.75. The van der Waals surface area contributed by atoms with Gasteiger partial charge >= 0.3 is 0 Å². The minimum absolute atomic E-state index is 0.0238. The van der Waals surface area contributed by atoms with Crippen LogP contribution in [0.3, 0.4) is 0 Å². The van der Waals surface area contributed by atoms with Crippen molar-refractivity contribution in [1.82, 2.24) is 0 Å². The van der Waals surface area contributed by atoms with Gasteiger partial charge in [-0.1, -0.05) is 13.3 Å². The number of nitrogens with one attached hydrogen (secondary N) is 1. The van der Waals surface area contributed by atoms with Crippen LogP contribution in [0, 0.1) is 0 Å². The number of ether oxygens (including phenoxy) is 1. The summed E-state index contributed by atoms with van der Waals surface area (Å²) in [5.74, 6) is 0.565. The number of hydrogen-bond donors (Lipinski definition) is 2. The Hall–Kier alpha value is -1.23. The van der Waals surface area contributed by atoms with Crippen LogP contribution < -0.4 is 15.8 Å². The minimum atomic E-state index is -0.0238. The minimum Gasteiger partial charge on any atom is -0.492 e. The highest BCUT2D eigenvalue weighted by molar-refractivity contribution is 7.19. The molecule has 0 radical (unpaired) electrons. The van der Waals surface area contributed by atoms with Crippen LogP contribution in [-0.2, 0) is 0 Å². The normalized spacial score (nSPS) is 10.2. The molecule has 4 nitrogen and oxygen atoms in total. The van der Waals surface area contributed by atoms with Gasteiger partial charge in [0.2, 0.25) is 0 Å². The van der Waals surface area contributed by atoms with E-state index in [4.69, 9.17) is 10.5 Å². The molecule has 0 bridgehead atoms. The van der Waals surface area contributed by atoms with Crippen LogP contribution in [0.2, 0.25) is 0 Å². The zero-order chi connectivity index (χ0) is 12.1. The van der Waals surface area contributed by atoms with E-state index in [-0.39, 0.29) is 5.78 Å². The van der Waals surface area contributed by atoms with E-state index in [9.17, 15) is 4.79 Å². The van der Waals surface area contributed by atoms with Crippen LogP contribution in [0.1, 0.15) is 36.4 Å². The van der Waals surface area contributed by atoms with E-state index in [0.717, 1.165) is 24.4 Å². The van der Waals surface area contributed by atoms with Gasteiger partial charge in [-0.05, 0) is 6.42 Å². The fourth-order valence-corrected chi connectivity index (χ4v) is 2.40. The Bertz CT molecular complexity index is 374. The first kappa shape index (κ1) is 12.8. The first-order valence-electron chi connectivity index (χ1n) is 5.32. The van der Waals surface area contributed by atoms with Gasteiger partial charge in [0.05, 0.1) is 17.7 Å². The summed E-state index contributed by atoms with van der Waals surface area (Å²) in [6.45, 7) is 4.50. The highest BCUT2D eigenvalue weighted by Crippen LogP contribution is 2.42. The molecule has 0 fully saturated rings. The van der Waals surface area contributed by atoms with Crippen LogP contribution in [0.15, 0.2) is 0 Å². The number of hydrogen-bond acceptors (Lipinski definition) is 5. The molecule has 16 heavy (non-hydrogen) atoms. The number of thiophene rings is 1. The van der Waals surface area contributed by atoms with Crippen molar-refractivity contribution in [2.45, 2.75) is 26.7 Å². The topological polar surface area (TPSA) is 64.4 Å². The first-order valence-corrected chi connectivity index (χ1v) is 6.14. The second-order valence-electron chi connectivity index (χ2n) is 3.54. The third-order valence-corrected chi connectivity index (χ3v) is 3.48. The average Bonchev–Trinajstić information content (AvgIpc) is 2.55. The van der Waals surface area contributed by atoms with Crippen molar-refractivity contribution in [2.24, 2.45) is 0 Å². The van der Waals surface area contributed by atoms with E-state index in [1.165, 1.54) is 18.3 Å². The Morgan fingerprint density at radius 3 is 2.75 bits per heavy atom. The molecule has 0 atom stereocenters. The number of rotatable bonds is 6. The molecule has 0 unspecified atom stereocenters. The molecular weight excluding hydrogens is 224 g/mol. The van der Waals surface area contributed by atoms with E-state index in [0.29, 0.717) is 16.3 Å². The number of unbranched alkanes of at least 4 members (excludes halogenated alkanes) is 1. The lowest BCUT2D eigenvalue weighted by atomic mass is 10.3. The van der Waals surface area contributed by atoms with Gasteiger partial charge in [-0.25, -0.2) is 0 Å². The summed E-state index contributed by atoms with van der Waals surface area (Å²) in [4.78, 5) is 11.9. The number of carbonyl (C=O) groups excluding carboxylic acids is 1. The SMILES string of the molecule is CCCCNc1sc(C(C)=O)c(N)c1OC. The third kappa shape index (κ3) is 2.66. The summed E-state index contributed by atoms with van der Waals surface area (Å²) in [5.41, 5.74) is 6.29. The second kappa shape index (κ2) is 5.75. The molecule has 1 heterocycles. The second-order valence-corrected chi connectivity index (χ2v) is 4.56. The maximum atomic E-state index is 11.3. The van der Waals surface area contributed by atoms with Gasteiger partial charge in [0.15, 0.2) is 11.5 Å². The fourth-order valence-electron chi connectivity index (χ4n) is 1.39. The lowest BCUT2D eigenvalue weighted by Crippen LogP contribution is -2.01. The highest BCUT2D eigenvalue weighted by atomic mass is 32.1. The zero-order valence-corrected chi connectivity index (χ0v) is 10.7. The lowest BCUT2D eigenvalue weighted by molar-refractivity contribution is 0.102. The van der Waals surface area contributed by atoms with Crippen molar-refractivity contribution < 1.29 is 9.53 Å². The van der Waals surface area contributed by atoms with Crippen LogP contribution in [0.25, 0.3) is 0 Å². The fraction of sp³-hybridized carbons (Fsp3) is 0.545. The number of carbonyl (C=O) groups is 1. The van der Waals surface area contributed by atoms with Gasteiger partial charge in [-0.15, -0.1) is 11.3 Å². The molecule has 5 heteroatoms. The molecule has 0 aliphatic carbocycles. The maximum Gasteiger partial charge on any atom is 0.176 e. The molecule has 0 aromatic carbocycles. The standard InChI is InChI=1S/C11H18N2O2S/c1-4-5-6-13-11-9(15-3)8(12)10(16-11)7(2)14/h13H,4-6,12H2,1-3H3. The Kier molecular flexibility index (Phi) is 4.61. The van der Waals surface area contributed by atoms with E-state index in [1.807, 2.05) is 0 Å². The Morgan fingerprint density at radius 2 is 2.25 bits per heavy atom. The molecule has 0 aliphatic heterocycles. The van der Waals surface area contributed by atoms with Gasteiger partial charge in [-0.3, -0.25) is 4.79 Å². The molecule has 1 rings (SSSR count). The summed E-state index contributed by atoms with van der Waals surface area (Å²) in [5, 5.41) is 4.09. The molecule has 1 aromatic rings. The zero-order valence-electron chi connectivity index (χ0n) is 9.92. The third-order valence-electron chi connectivity index (χ3n) is 2.24. The maximum absolute atomic E-state index is 11.3. The molecule has 90 valence electrons. The molecule has 0 saturated heterocycles. The smallest absolute Gasteiger partial charge is 0.176 e. The van der Waals surface area contributed by atoms with Crippen LogP contribution >= 0.6 is 11.3 Å². The van der Waals surface area contributed by atoms with E-state index in [1.54, 1.807) is 7.11 Å². The Balaban J connectivity index is 2.90. The quantitative estimate of drug-likeness (QED) is 0.594. The Morgan fingerprint density at radius 1 is 1.56 bits per heavy atom. The van der Waals surface area contributed by atoms with Crippen molar-refractivity contribution in [3.8, 4) is 5.75 Å². The molecule has 1 aromatic heterocycles. The van der Waals surface area contributed by atoms with E-state index >= 15 is 0 Å². The van der Waals surface area contributed by atoms with Crippen molar-refractivity contribution in [1.29, 1.82) is 0 Å². The monoisotopic (exact) mass is 242 g/mol. The van der Waals surface area contributed by atoms with Gasteiger partial charge in [-0.2, -0.15) is 0 Å². The predicted molar refractivity (Wildman–Crippen MR) is 68.7 cm³/mol. The number of nitrogen functional groups attached to an aromatic ring is 1. The van der Waals surface area contributed by atoms with Gasteiger partial charge < -0.3 is 15.8 Å².